The molecule has 120 valence electrons. The minimum atomic E-state index is -1.11. The maximum Gasteiger partial charge on any atom is 0.319 e. The minimum absolute atomic E-state index is 0.163. The van der Waals surface area contributed by atoms with Gasteiger partial charge in [-0.25, -0.2) is 0 Å². The molecule has 0 spiro atoms. The molecular weight excluding hydrogens is 276 g/mol. The van der Waals surface area contributed by atoms with E-state index >= 15 is 0 Å². The second-order valence-electron chi connectivity index (χ2n) is 6.84. The molecule has 0 aliphatic carbocycles. The summed E-state index contributed by atoms with van der Waals surface area (Å²) < 4.78 is 5.42. The Kier molecular flexibility index (Phi) is 5.70. The number of esters is 1. The van der Waals surface area contributed by atoms with Crippen LogP contribution in [0.15, 0.2) is 30.8 Å². The number of ether oxygens (including phenoxy) is 1. The van der Waals surface area contributed by atoms with Crippen LogP contribution in [-0.2, 0) is 20.7 Å². The van der Waals surface area contributed by atoms with Crippen LogP contribution in [0.25, 0.3) is 6.08 Å². The van der Waals surface area contributed by atoms with E-state index in [1.165, 1.54) is 6.92 Å². The molecule has 0 N–H and O–H groups in total. The molecule has 0 aliphatic rings. The zero-order valence-electron chi connectivity index (χ0n) is 14.2. The Balaban J connectivity index is 2.84. The number of Topliss-reactive ketones (excluding diaryl/α,β-unsaturated/α-hetero) is 1. The monoisotopic (exact) mass is 302 g/mol. The first-order chi connectivity index (χ1) is 10.1. The highest BCUT2D eigenvalue weighted by atomic mass is 16.6. The number of aryl methyl sites for hydroxylation is 1. The van der Waals surface area contributed by atoms with Gasteiger partial charge in [-0.2, -0.15) is 0 Å². The molecule has 0 aliphatic heterocycles. The zero-order chi connectivity index (χ0) is 17.0. The van der Waals surface area contributed by atoms with Crippen LogP contribution >= 0.6 is 0 Å². The highest BCUT2D eigenvalue weighted by Gasteiger charge is 2.41. The predicted molar refractivity (Wildman–Crippen MR) is 89.5 cm³/mol. The van der Waals surface area contributed by atoms with Crippen molar-refractivity contribution >= 4 is 17.8 Å². The van der Waals surface area contributed by atoms with Crippen molar-refractivity contribution in [3.8, 4) is 0 Å². The Morgan fingerprint density at radius 2 is 1.68 bits per heavy atom. The number of carbonyl (C=O) groups excluding carboxylic acids is 2. The summed E-state index contributed by atoms with van der Waals surface area (Å²) in [6.07, 6.45) is 2.86. The molecule has 0 saturated heterocycles. The van der Waals surface area contributed by atoms with Crippen LogP contribution in [0.2, 0.25) is 0 Å². The third-order valence-electron chi connectivity index (χ3n) is 3.76. The topological polar surface area (TPSA) is 43.4 Å². The van der Waals surface area contributed by atoms with Crippen LogP contribution in [-0.4, -0.2) is 17.4 Å². The molecule has 0 amide bonds. The minimum Gasteiger partial charge on any atom is -0.459 e. The van der Waals surface area contributed by atoms with E-state index in [0.717, 1.165) is 11.1 Å². The SMILES string of the molecule is C=Cc1ccc(CCC(C)(C(C)=O)C(=O)OC(C)(C)C)cc1. The van der Waals surface area contributed by atoms with E-state index in [-0.39, 0.29) is 5.78 Å². The molecule has 0 fully saturated rings. The van der Waals surface area contributed by atoms with E-state index < -0.39 is 17.0 Å². The highest BCUT2D eigenvalue weighted by Crippen LogP contribution is 2.29. The van der Waals surface area contributed by atoms with Crippen molar-refractivity contribution in [3.05, 3.63) is 42.0 Å². The van der Waals surface area contributed by atoms with E-state index in [1.54, 1.807) is 33.8 Å². The first-order valence-corrected chi connectivity index (χ1v) is 7.54. The molecule has 1 rings (SSSR count). The standard InChI is InChI=1S/C19H26O3/c1-7-15-8-10-16(11-9-15)12-13-19(6,14(2)20)17(21)22-18(3,4)5/h7-11H,1,12-13H2,2-6H3. The van der Waals surface area contributed by atoms with Gasteiger partial charge in [0.2, 0.25) is 0 Å². The van der Waals surface area contributed by atoms with E-state index in [2.05, 4.69) is 6.58 Å². The van der Waals surface area contributed by atoms with Gasteiger partial charge in [0, 0.05) is 0 Å². The normalized spacial score (nSPS) is 14.0. The molecule has 3 heteroatoms. The van der Waals surface area contributed by atoms with Crippen molar-refractivity contribution in [3.63, 3.8) is 0 Å². The van der Waals surface area contributed by atoms with Gasteiger partial charge in [-0.05, 0) is 58.6 Å². The van der Waals surface area contributed by atoms with Crippen molar-refractivity contribution < 1.29 is 14.3 Å². The molecule has 22 heavy (non-hydrogen) atoms. The largest absolute Gasteiger partial charge is 0.459 e. The fourth-order valence-electron chi connectivity index (χ4n) is 2.03. The molecule has 1 unspecified atom stereocenters. The van der Waals surface area contributed by atoms with Crippen molar-refractivity contribution in [2.24, 2.45) is 5.41 Å². The van der Waals surface area contributed by atoms with Crippen molar-refractivity contribution in [2.75, 3.05) is 0 Å². The van der Waals surface area contributed by atoms with Crippen LogP contribution in [0.3, 0.4) is 0 Å². The first kappa shape index (κ1) is 18.1. The smallest absolute Gasteiger partial charge is 0.319 e. The Labute approximate surface area is 133 Å². The Hall–Kier alpha value is -1.90. The van der Waals surface area contributed by atoms with Gasteiger partial charge in [-0.3, -0.25) is 9.59 Å². The highest BCUT2D eigenvalue weighted by molar-refractivity contribution is 6.02. The third-order valence-corrected chi connectivity index (χ3v) is 3.76. The molecule has 0 radical (unpaired) electrons. The van der Waals surface area contributed by atoms with Gasteiger partial charge in [0.15, 0.2) is 0 Å². The summed E-state index contributed by atoms with van der Waals surface area (Å²) in [5, 5.41) is 0. The maximum absolute atomic E-state index is 12.4. The van der Waals surface area contributed by atoms with E-state index in [1.807, 2.05) is 24.3 Å². The van der Waals surface area contributed by atoms with Crippen LogP contribution in [0, 0.1) is 5.41 Å². The average molecular weight is 302 g/mol. The summed E-state index contributed by atoms with van der Waals surface area (Å²) in [5.41, 5.74) is 0.427. The second-order valence-corrected chi connectivity index (χ2v) is 6.84. The third kappa shape index (κ3) is 4.83. The molecule has 0 aromatic heterocycles. The summed E-state index contributed by atoms with van der Waals surface area (Å²) in [6, 6.07) is 7.93. The molecule has 1 aromatic carbocycles. The molecule has 1 atom stereocenters. The first-order valence-electron chi connectivity index (χ1n) is 7.54. The van der Waals surface area contributed by atoms with Gasteiger partial charge in [-0.15, -0.1) is 0 Å². The lowest BCUT2D eigenvalue weighted by molar-refractivity contribution is -0.169. The molecule has 0 saturated carbocycles. The maximum atomic E-state index is 12.4. The average Bonchev–Trinajstić information content (AvgIpc) is 2.43. The van der Waals surface area contributed by atoms with Gasteiger partial charge >= 0.3 is 5.97 Å². The van der Waals surface area contributed by atoms with Gasteiger partial charge in [0.05, 0.1) is 0 Å². The van der Waals surface area contributed by atoms with Gasteiger partial charge in [-0.1, -0.05) is 36.9 Å². The van der Waals surface area contributed by atoms with E-state index in [4.69, 9.17) is 4.74 Å². The second kappa shape index (κ2) is 6.91. The number of rotatable bonds is 6. The Morgan fingerprint density at radius 3 is 2.09 bits per heavy atom. The number of carbonyl (C=O) groups is 2. The van der Waals surface area contributed by atoms with Gasteiger partial charge < -0.3 is 4.74 Å². The van der Waals surface area contributed by atoms with Crippen molar-refractivity contribution in [2.45, 2.75) is 53.1 Å². The zero-order valence-corrected chi connectivity index (χ0v) is 14.2. The summed E-state index contributed by atoms with van der Waals surface area (Å²) in [7, 11) is 0. The Morgan fingerprint density at radius 1 is 1.14 bits per heavy atom. The van der Waals surface area contributed by atoms with E-state index in [0.29, 0.717) is 12.8 Å². The lowest BCUT2D eigenvalue weighted by Gasteiger charge is -2.29. The summed E-state index contributed by atoms with van der Waals surface area (Å²) in [4.78, 5) is 24.4. The van der Waals surface area contributed by atoms with E-state index in [9.17, 15) is 9.59 Å². The summed E-state index contributed by atoms with van der Waals surface area (Å²) >= 11 is 0. The molecule has 1 aromatic rings. The lowest BCUT2D eigenvalue weighted by atomic mass is 9.80. The van der Waals surface area contributed by atoms with Gasteiger partial charge in [0.25, 0.3) is 0 Å². The van der Waals surface area contributed by atoms with Crippen LogP contribution < -0.4 is 0 Å². The molecule has 3 nitrogen and oxygen atoms in total. The van der Waals surface area contributed by atoms with Crippen LogP contribution in [0.4, 0.5) is 0 Å². The lowest BCUT2D eigenvalue weighted by Crippen LogP contribution is -2.40. The number of hydrogen-bond acceptors (Lipinski definition) is 3. The molecular formula is C19H26O3. The molecule has 0 bridgehead atoms. The number of benzene rings is 1. The van der Waals surface area contributed by atoms with Gasteiger partial charge in [0.1, 0.15) is 16.8 Å². The van der Waals surface area contributed by atoms with Crippen molar-refractivity contribution in [1.29, 1.82) is 0 Å². The van der Waals surface area contributed by atoms with Crippen LogP contribution in [0.1, 0.15) is 52.2 Å². The van der Waals surface area contributed by atoms with Crippen molar-refractivity contribution in [1.82, 2.24) is 0 Å². The quantitative estimate of drug-likeness (QED) is 0.584. The molecule has 0 heterocycles. The number of hydrogen-bond donors (Lipinski definition) is 0. The fraction of sp³-hybridized carbons (Fsp3) is 0.474. The number of ketones is 1. The summed E-state index contributed by atoms with van der Waals surface area (Å²) in [5.74, 6) is -0.611. The summed E-state index contributed by atoms with van der Waals surface area (Å²) in [6.45, 7) is 12.3. The Bertz CT molecular complexity index is 549. The predicted octanol–water partition coefficient (Wildman–Crippen LogP) is 4.20. The fourth-order valence-corrected chi connectivity index (χ4v) is 2.03. The van der Waals surface area contributed by atoms with Crippen LogP contribution in [0.5, 0.6) is 0 Å².